The fourth-order valence-corrected chi connectivity index (χ4v) is 1.24. The van der Waals surface area contributed by atoms with Gasteiger partial charge in [-0.3, -0.25) is 0 Å². The number of thiocarbonyl (C=S) groups is 1. The molecule has 0 spiro atoms. The van der Waals surface area contributed by atoms with E-state index in [1.54, 1.807) is 0 Å². The molecule has 0 atom stereocenters. The quantitative estimate of drug-likeness (QED) is 0.390. The molecule has 0 heterocycles. The summed E-state index contributed by atoms with van der Waals surface area (Å²) in [4.78, 5) is 0. The third kappa shape index (κ3) is 8.62. The van der Waals surface area contributed by atoms with Crippen LogP contribution >= 0.6 is 35.6 Å². The summed E-state index contributed by atoms with van der Waals surface area (Å²) in [6, 6.07) is 0. The molecule has 0 aromatic heterocycles. The second kappa shape index (κ2) is 9.62. The lowest BCUT2D eigenvalue weighted by atomic mass is 10.2. The normalized spacial score (nSPS) is 9.83. The number of ether oxygens (including phenoxy) is 1. The van der Waals surface area contributed by atoms with E-state index in [0.717, 1.165) is 25.3 Å². The van der Waals surface area contributed by atoms with E-state index in [-0.39, 0.29) is 0 Å². The molecule has 12 heavy (non-hydrogen) atoms. The fourth-order valence-electron chi connectivity index (χ4n) is 0.765. The summed E-state index contributed by atoms with van der Waals surface area (Å²) in [7, 11) is 0. The fraction of sp³-hybridized carbons (Fsp3) is 0.875. The van der Waals surface area contributed by atoms with E-state index in [1.807, 2.05) is 6.26 Å². The topological polar surface area (TPSA) is 9.23 Å². The van der Waals surface area contributed by atoms with Gasteiger partial charge in [0.1, 0.15) is 0 Å². The molecule has 0 aliphatic carbocycles. The summed E-state index contributed by atoms with van der Waals surface area (Å²) >= 11 is 11.9. The number of alkyl halides is 1. The van der Waals surface area contributed by atoms with Crippen LogP contribution in [0, 0.1) is 0 Å². The molecular formula is C8H15ClOS2. The first kappa shape index (κ1) is 12.5. The van der Waals surface area contributed by atoms with Gasteiger partial charge in [-0.05, 0) is 31.3 Å². The lowest BCUT2D eigenvalue weighted by molar-refractivity contribution is 0.309. The van der Waals surface area contributed by atoms with Crippen molar-refractivity contribution >= 4 is 40.0 Å². The second-order valence-electron chi connectivity index (χ2n) is 2.41. The highest BCUT2D eigenvalue weighted by Crippen LogP contribution is 2.04. The number of hydrogen-bond acceptors (Lipinski definition) is 3. The maximum atomic E-state index is 5.53. The van der Waals surface area contributed by atoms with Gasteiger partial charge >= 0.3 is 0 Å². The Morgan fingerprint density at radius 2 is 2.00 bits per heavy atom. The molecule has 1 nitrogen and oxygen atoms in total. The lowest BCUT2D eigenvalue weighted by Crippen LogP contribution is -1.98. The first-order chi connectivity index (χ1) is 5.81. The zero-order chi connectivity index (χ0) is 9.23. The van der Waals surface area contributed by atoms with Crippen molar-refractivity contribution in [2.45, 2.75) is 25.7 Å². The zero-order valence-electron chi connectivity index (χ0n) is 7.35. The van der Waals surface area contributed by atoms with Crippen molar-refractivity contribution < 1.29 is 4.74 Å². The first-order valence-corrected chi connectivity index (χ1v) is 6.24. The second-order valence-corrected chi connectivity index (χ2v) is 4.19. The SMILES string of the molecule is CSC(=S)OCCCCCCCl. The van der Waals surface area contributed by atoms with Gasteiger partial charge in [-0.25, -0.2) is 0 Å². The minimum Gasteiger partial charge on any atom is -0.479 e. The van der Waals surface area contributed by atoms with Crippen molar-refractivity contribution in [3.05, 3.63) is 0 Å². The summed E-state index contributed by atoms with van der Waals surface area (Å²) in [6.45, 7) is 0.752. The zero-order valence-corrected chi connectivity index (χ0v) is 9.73. The molecular weight excluding hydrogens is 212 g/mol. The molecule has 0 rings (SSSR count). The van der Waals surface area contributed by atoms with E-state index < -0.39 is 0 Å². The van der Waals surface area contributed by atoms with Crippen LogP contribution in [0.4, 0.5) is 0 Å². The van der Waals surface area contributed by atoms with Crippen molar-refractivity contribution in [1.82, 2.24) is 0 Å². The van der Waals surface area contributed by atoms with Gasteiger partial charge in [0.25, 0.3) is 0 Å². The Hall–Kier alpha value is 0.530. The Morgan fingerprint density at radius 1 is 1.33 bits per heavy atom. The Labute approximate surface area is 89.2 Å². The summed E-state index contributed by atoms with van der Waals surface area (Å²) < 4.78 is 5.88. The highest BCUT2D eigenvalue weighted by Gasteiger charge is 1.93. The predicted octanol–water partition coefficient (Wildman–Crippen LogP) is 3.45. The van der Waals surface area contributed by atoms with Crippen molar-refractivity contribution in [3.8, 4) is 0 Å². The van der Waals surface area contributed by atoms with Crippen molar-refractivity contribution in [3.63, 3.8) is 0 Å². The number of rotatable bonds is 6. The average Bonchev–Trinajstić information content (AvgIpc) is 2.10. The van der Waals surface area contributed by atoms with Gasteiger partial charge in [-0.1, -0.05) is 24.6 Å². The standard InChI is InChI=1S/C8H15ClOS2/c1-12-8(11)10-7-5-3-2-4-6-9/h2-7H2,1H3. The summed E-state index contributed by atoms with van der Waals surface area (Å²) in [5.41, 5.74) is 0. The molecule has 0 aliphatic heterocycles. The molecule has 0 saturated carbocycles. The van der Waals surface area contributed by atoms with Crippen LogP contribution in [-0.4, -0.2) is 23.1 Å². The number of hydrogen-bond donors (Lipinski definition) is 0. The molecule has 0 saturated heterocycles. The minimum absolute atomic E-state index is 0.646. The van der Waals surface area contributed by atoms with E-state index in [2.05, 4.69) is 0 Å². The van der Waals surface area contributed by atoms with E-state index in [4.69, 9.17) is 28.6 Å². The van der Waals surface area contributed by atoms with Gasteiger partial charge in [0, 0.05) is 5.88 Å². The van der Waals surface area contributed by atoms with Crippen LogP contribution in [0.1, 0.15) is 25.7 Å². The number of halogens is 1. The van der Waals surface area contributed by atoms with E-state index >= 15 is 0 Å². The van der Waals surface area contributed by atoms with Crippen LogP contribution in [0.3, 0.4) is 0 Å². The molecule has 0 fully saturated rings. The number of unbranched alkanes of at least 4 members (excludes halogenated alkanes) is 3. The smallest absolute Gasteiger partial charge is 0.219 e. The van der Waals surface area contributed by atoms with Gasteiger partial charge < -0.3 is 4.74 Å². The van der Waals surface area contributed by atoms with Gasteiger partial charge in [0.05, 0.1) is 6.61 Å². The van der Waals surface area contributed by atoms with Gasteiger partial charge in [0.2, 0.25) is 4.38 Å². The first-order valence-electron chi connectivity index (χ1n) is 4.08. The predicted molar refractivity (Wildman–Crippen MR) is 61.3 cm³/mol. The van der Waals surface area contributed by atoms with Crippen molar-refractivity contribution in [2.24, 2.45) is 0 Å². The highest BCUT2D eigenvalue weighted by atomic mass is 35.5. The van der Waals surface area contributed by atoms with Crippen LogP contribution in [0.5, 0.6) is 0 Å². The molecule has 0 amide bonds. The summed E-state index contributed by atoms with van der Waals surface area (Å²) in [6.07, 6.45) is 6.49. The Kier molecular flexibility index (Phi) is 10.0. The lowest BCUT2D eigenvalue weighted by Gasteiger charge is -2.03. The van der Waals surface area contributed by atoms with E-state index in [0.29, 0.717) is 4.38 Å². The Balaban J connectivity index is 2.95. The maximum Gasteiger partial charge on any atom is 0.219 e. The van der Waals surface area contributed by atoms with Gasteiger partial charge in [0.15, 0.2) is 0 Å². The van der Waals surface area contributed by atoms with E-state index in [9.17, 15) is 0 Å². The molecule has 0 bridgehead atoms. The van der Waals surface area contributed by atoms with Crippen LogP contribution < -0.4 is 0 Å². The van der Waals surface area contributed by atoms with Crippen LogP contribution in [0.2, 0.25) is 0 Å². The molecule has 0 aromatic carbocycles. The molecule has 4 heteroatoms. The molecule has 72 valence electrons. The Bertz CT molecular complexity index is 120. The average molecular weight is 227 g/mol. The van der Waals surface area contributed by atoms with Gasteiger partial charge in [-0.15, -0.1) is 11.6 Å². The van der Waals surface area contributed by atoms with Crippen LogP contribution in [0.15, 0.2) is 0 Å². The third-order valence-electron chi connectivity index (χ3n) is 1.41. The molecule has 0 unspecified atom stereocenters. The molecule has 0 radical (unpaired) electrons. The van der Waals surface area contributed by atoms with Crippen molar-refractivity contribution in [1.29, 1.82) is 0 Å². The summed E-state index contributed by atoms with van der Waals surface area (Å²) in [5, 5.41) is 0. The van der Waals surface area contributed by atoms with Crippen LogP contribution in [0.25, 0.3) is 0 Å². The molecule has 0 N–H and O–H groups in total. The maximum absolute atomic E-state index is 5.53. The molecule has 0 aliphatic rings. The highest BCUT2D eigenvalue weighted by molar-refractivity contribution is 8.22. The largest absolute Gasteiger partial charge is 0.479 e. The van der Waals surface area contributed by atoms with Gasteiger partial charge in [-0.2, -0.15) is 0 Å². The minimum atomic E-state index is 0.646. The third-order valence-corrected chi connectivity index (χ3v) is 2.75. The van der Waals surface area contributed by atoms with Crippen molar-refractivity contribution in [2.75, 3.05) is 18.7 Å². The summed E-state index contributed by atoms with van der Waals surface area (Å²) in [5.74, 6) is 0.768. The van der Waals surface area contributed by atoms with Crippen LogP contribution in [-0.2, 0) is 4.74 Å². The number of thioether (sulfide) groups is 1. The monoisotopic (exact) mass is 226 g/mol. The van der Waals surface area contributed by atoms with E-state index in [1.165, 1.54) is 24.6 Å². The molecule has 0 aromatic rings. The Morgan fingerprint density at radius 3 is 2.58 bits per heavy atom.